The van der Waals surface area contributed by atoms with Gasteiger partial charge in [-0.3, -0.25) is 4.68 Å². The molecule has 0 atom stereocenters. The number of rotatable bonds is 6. The van der Waals surface area contributed by atoms with Gasteiger partial charge in [-0.15, -0.1) is 0 Å². The van der Waals surface area contributed by atoms with Gasteiger partial charge in [0.15, 0.2) is 28.9 Å². The van der Waals surface area contributed by atoms with Gasteiger partial charge in [-0.05, 0) is 13.8 Å². The maximum atomic E-state index is 14.6. The number of anilines is 1. The fourth-order valence-corrected chi connectivity index (χ4v) is 2.61. The summed E-state index contributed by atoms with van der Waals surface area (Å²) in [6.07, 6.45) is 1.29. The molecule has 148 valence electrons. The van der Waals surface area contributed by atoms with Crippen LogP contribution in [0, 0.1) is 24.4 Å². The highest BCUT2D eigenvalue weighted by Gasteiger charge is 2.22. The molecule has 0 saturated heterocycles. The average molecular weight is 393 g/mol. The minimum atomic E-state index is -0.815. The zero-order valence-electron chi connectivity index (χ0n) is 15.5. The Balaban J connectivity index is 1.97. The normalized spacial score (nSPS) is 10.9. The third-order valence-electron chi connectivity index (χ3n) is 4.08. The Morgan fingerprint density at radius 3 is 2.43 bits per heavy atom. The number of nitrogen functional groups attached to an aromatic ring is 1. The number of nitrogens with two attached hydrogens (primary N) is 1. The molecule has 0 aliphatic heterocycles. The summed E-state index contributed by atoms with van der Waals surface area (Å²) in [5.41, 5.74) is 5.34. The summed E-state index contributed by atoms with van der Waals surface area (Å²) in [4.78, 5) is 7.94. The molecule has 0 radical (unpaired) electrons. The number of nitrogens with zero attached hydrogens (tertiary/aromatic N) is 4. The number of aromatic nitrogens is 4. The third kappa shape index (κ3) is 3.57. The molecule has 10 heteroatoms. The molecule has 2 aromatic heterocycles. The van der Waals surface area contributed by atoms with E-state index in [0.29, 0.717) is 0 Å². The van der Waals surface area contributed by atoms with Crippen LogP contribution >= 0.6 is 0 Å². The summed E-state index contributed by atoms with van der Waals surface area (Å²) in [7, 11) is 1.40. The van der Waals surface area contributed by atoms with Crippen LogP contribution in [0.25, 0.3) is 11.5 Å². The van der Waals surface area contributed by atoms with E-state index in [1.165, 1.54) is 20.2 Å². The fourth-order valence-electron chi connectivity index (χ4n) is 2.61. The van der Waals surface area contributed by atoms with Crippen molar-refractivity contribution in [3.63, 3.8) is 0 Å². The molecule has 0 aliphatic rings. The number of benzene rings is 1. The Hall–Kier alpha value is -3.30. The van der Waals surface area contributed by atoms with Crippen LogP contribution in [0.2, 0.25) is 0 Å². The minimum Gasteiger partial charge on any atom is -0.494 e. The lowest BCUT2D eigenvalue weighted by atomic mass is 10.2. The highest BCUT2D eigenvalue weighted by molar-refractivity contribution is 5.56. The van der Waals surface area contributed by atoms with E-state index >= 15 is 0 Å². The van der Waals surface area contributed by atoms with Gasteiger partial charge in [0.25, 0.3) is 0 Å². The van der Waals surface area contributed by atoms with Crippen LogP contribution in [-0.4, -0.2) is 33.5 Å². The first-order valence-electron chi connectivity index (χ1n) is 8.36. The predicted molar refractivity (Wildman–Crippen MR) is 95.5 cm³/mol. The van der Waals surface area contributed by atoms with E-state index in [1.807, 2.05) is 0 Å². The van der Waals surface area contributed by atoms with Crippen molar-refractivity contribution < 1.29 is 22.6 Å². The molecule has 1 aromatic carbocycles. The fraction of sp³-hybridized carbons (Fsp3) is 0.278. The van der Waals surface area contributed by atoms with Gasteiger partial charge in [-0.25, -0.2) is 23.1 Å². The van der Waals surface area contributed by atoms with Crippen LogP contribution in [-0.2, 0) is 6.54 Å². The minimum absolute atomic E-state index is 0.0164. The largest absolute Gasteiger partial charge is 0.494 e. The molecule has 2 N–H and O–H groups in total. The van der Waals surface area contributed by atoms with E-state index in [-0.39, 0.29) is 53.2 Å². The van der Waals surface area contributed by atoms with Crippen molar-refractivity contribution in [3.8, 4) is 23.0 Å². The average Bonchev–Trinajstić information content (AvgIpc) is 2.93. The van der Waals surface area contributed by atoms with Gasteiger partial charge in [0.2, 0.25) is 0 Å². The van der Waals surface area contributed by atoms with Crippen molar-refractivity contribution in [3.05, 3.63) is 47.0 Å². The van der Waals surface area contributed by atoms with Crippen LogP contribution in [0.15, 0.2) is 18.3 Å². The highest BCUT2D eigenvalue weighted by Crippen LogP contribution is 2.27. The SMILES string of the molecule is CCOc1cc(F)c(Cn2nc(-c3ncc(OC)c(N)n3)c(F)c2C)c(F)c1. The van der Waals surface area contributed by atoms with E-state index in [9.17, 15) is 13.2 Å². The smallest absolute Gasteiger partial charge is 0.185 e. The number of hydrogen-bond donors (Lipinski definition) is 1. The maximum Gasteiger partial charge on any atom is 0.185 e. The summed E-state index contributed by atoms with van der Waals surface area (Å²) < 4.78 is 54.5. The first-order valence-corrected chi connectivity index (χ1v) is 8.36. The molecule has 2 heterocycles. The summed E-state index contributed by atoms with van der Waals surface area (Å²) in [6, 6.07) is 2.15. The van der Waals surface area contributed by atoms with Crippen molar-refractivity contribution in [2.75, 3.05) is 19.5 Å². The second-order valence-corrected chi connectivity index (χ2v) is 5.85. The molecule has 0 unspecified atom stereocenters. The predicted octanol–water partition coefficient (Wildman–Crippen LogP) is 3.10. The van der Waals surface area contributed by atoms with Crippen LogP contribution in [0.4, 0.5) is 19.0 Å². The standard InChI is InChI=1S/C18H18F3N5O2/c1-4-28-10-5-12(19)11(13(20)6-10)8-26-9(2)15(21)16(25-26)18-23-7-14(27-3)17(22)24-18/h5-7H,4,8H2,1-3H3,(H2,22,23,24). The monoisotopic (exact) mass is 393 g/mol. The van der Waals surface area contributed by atoms with Crippen molar-refractivity contribution in [1.82, 2.24) is 19.7 Å². The molecule has 0 saturated carbocycles. The van der Waals surface area contributed by atoms with Crippen molar-refractivity contribution in [1.29, 1.82) is 0 Å². The lowest BCUT2D eigenvalue weighted by Gasteiger charge is -2.10. The highest BCUT2D eigenvalue weighted by atomic mass is 19.1. The molecule has 0 bridgehead atoms. The van der Waals surface area contributed by atoms with Crippen LogP contribution in [0.3, 0.4) is 0 Å². The van der Waals surface area contributed by atoms with Crippen LogP contribution in [0.5, 0.6) is 11.5 Å². The Morgan fingerprint density at radius 2 is 1.86 bits per heavy atom. The Kier molecular flexibility index (Phi) is 5.39. The lowest BCUT2D eigenvalue weighted by Crippen LogP contribution is -2.09. The molecule has 3 rings (SSSR count). The zero-order chi connectivity index (χ0) is 20.4. The Bertz CT molecular complexity index is 1000. The van der Waals surface area contributed by atoms with Gasteiger partial charge in [-0.1, -0.05) is 0 Å². The second-order valence-electron chi connectivity index (χ2n) is 5.85. The van der Waals surface area contributed by atoms with Crippen LogP contribution in [0.1, 0.15) is 18.2 Å². The van der Waals surface area contributed by atoms with Gasteiger partial charge in [-0.2, -0.15) is 5.10 Å². The van der Waals surface area contributed by atoms with Gasteiger partial charge in [0, 0.05) is 17.7 Å². The summed E-state index contributed by atoms with van der Waals surface area (Å²) >= 11 is 0. The Labute approximate surface area is 158 Å². The van der Waals surface area contributed by atoms with Gasteiger partial charge < -0.3 is 15.2 Å². The lowest BCUT2D eigenvalue weighted by molar-refractivity contribution is 0.335. The molecular weight excluding hydrogens is 375 g/mol. The maximum absolute atomic E-state index is 14.6. The van der Waals surface area contributed by atoms with Crippen LogP contribution < -0.4 is 15.2 Å². The number of ether oxygens (including phenoxy) is 2. The topological polar surface area (TPSA) is 88.1 Å². The number of methoxy groups -OCH3 is 1. The second kappa shape index (κ2) is 7.75. The Morgan fingerprint density at radius 1 is 1.18 bits per heavy atom. The zero-order valence-corrected chi connectivity index (χ0v) is 15.5. The van der Waals surface area contributed by atoms with Gasteiger partial charge >= 0.3 is 0 Å². The number of halogens is 3. The molecule has 0 fully saturated rings. The van der Waals surface area contributed by atoms with E-state index in [4.69, 9.17) is 15.2 Å². The summed E-state index contributed by atoms with van der Waals surface area (Å²) in [6.45, 7) is 3.09. The molecule has 0 spiro atoms. The van der Waals surface area contributed by atoms with Crippen molar-refractivity contribution >= 4 is 5.82 Å². The van der Waals surface area contributed by atoms with E-state index in [1.54, 1.807) is 6.92 Å². The van der Waals surface area contributed by atoms with Gasteiger partial charge in [0.1, 0.15) is 17.4 Å². The van der Waals surface area contributed by atoms with Crippen molar-refractivity contribution in [2.45, 2.75) is 20.4 Å². The van der Waals surface area contributed by atoms with Crippen molar-refractivity contribution in [2.24, 2.45) is 0 Å². The summed E-state index contributed by atoms with van der Waals surface area (Å²) in [5, 5.41) is 4.07. The first-order chi connectivity index (χ1) is 13.3. The molecule has 3 aromatic rings. The van der Waals surface area contributed by atoms with E-state index in [2.05, 4.69) is 15.1 Å². The molecular formula is C18H18F3N5O2. The number of hydrogen-bond acceptors (Lipinski definition) is 6. The molecule has 7 nitrogen and oxygen atoms in total. The molecule has 28 heavy (non-hydrogen) atoms. The first kappa shape index (κ1) is 19.5. The molecule has 0 aliphatic carbocycles. The van der Waals surface area contributed by atoms with E-state index < -0.39 is 17.5 Å². The quantitative estimate of drug-likeness (QED) is 0.692. The molecule has 0 amide bonds. The van der Waals surface area contributed by atoms with E-state index in [0.717, 1.165) is 16.8 Å². The third-order valence-corrected chi connectivity index (χ3v) is 4.08. The van der Waals surface area contributed by atoms with Gasteiger partial charge in [0.05, 0.1) is 32.2 Å². The summed E-state index contributed by atoms with van der Waals surface area (Å²) in [5.74, 6) is -2.08.